The highest BCUT2D eigenvalue weighted by Gasteiger charge is 2.25. The number of nitrogens with zero attached hydrogens (tertiary/aromatic N) is 2. The fraction of sp³-hybridized carbons (Fsp3) is 0.440. The minimum absolute atomic E-state index is 0.0359. The average molecular weight is 438 g/mol. The van der Waals surface area contributed by atoms with Crippen LogP contribution in [0.15, 0.2) is 48.5 Å². The second-order valence-electron chi connectivity index (χ2n) is 8.37. The summed E-state index contributed by atoms with van der Waals surface area (Å²) in [6, 6.07) is 15.4. The van der Waals surface area contributed by atoms with Gasteiger partial charge < -0.3 is 20.1 Å². The second kappa shape index (κ2) is 10.7. The molecule has 2 fully saturated rings. The summed E-state index contributed by atoms with van der Waals surface area (Å²) < 4.78 is 5.43. The first-order valence-electron chi connectivity index (χ1n) is 11.3. The van der Waals surface area contributed by atoms with Gasteiger partial charge in [-0.3, -0.25) is 9.69 Å². The molecular weight excluding hydrogens is 406 g/mol. The molecule has 32 heavy (non-hydrogen) atoms. The highest BCUT2D eigenvalue weighted by Crippen LogP contribution is 2.29. The van der Waals surface area contributed by atoms with Crippen LogP contribution in [-0.4, -0.2) is 67.8 Å². The lowest BCUT2D eigenvalue weighted by Crippen LogP contribution is -2.48. The van der Waals surface area contributed by atoms with Gasteiger partial charge >= 0.3 is 6.03 Å². The van der Waals surface area contributed by atoms with E-state index in [2.05, 4.69) is 17.4 Å². The van der Waals surface area contributed by atoms with Crippen LogP contribution in [0.5, 0.6) is 0 Å². The molecule has 0 aliphatic carbocycles. The molecule has 0 saturated carbocycles. The van der Waals surface area contributed by atoms with Gasteiger partial charge in [-0.2, -0.15) is 0 Å². The number of ketones is 1. The number of piperidine rings is 1. The van der Waals surface area contributed by atoms with Crippen LogP contribution >= 0.6 is 0 Å². The SMILES string of the molecule is O=C(CO)c1ccc(CN(C(=O)N2CCOCC2)c2cccc(C3CCNCC3)c2)cc1. The van der Waals surface area contributed by atoms with Gasteiger partial charge in [-0.05, 0) is 55.1 Å². The molecule has 2 heterocycles. The van der Waals surface area contributed by atoms with Gasteiger partial charge in [-0.15, -0.1) is 0 Å². The molecule has 2 aliphatic heterocycles. The molecule has 2 N–H and O–H groups in total. The number of benzene rings is 2. The van der Waals surface area contributed by atoms with Gasteiger partial charge in [-0.1, -0.05) is 36.4 Å². The summed E-state index contributed by atoms with van der Waals surface area (Å²) in [6.45, 7) is 4.18. The van der Waals surface area contributed by atoms with E-state index in [1.165, 1.54) is 5.56 Å². The summed E-state index contributed by atoms with van der Waals surface area (Å²) >= 11 is 0. The van der Waals surface area contributed by atoms with Crippen LogP contribution in [0.4, 0.5) is 10.5 Å². The maximum absolute atomic E-state index is 13.5. The van der Waals surface area contributed by atoms with E-state index in [1.807, 2.05) is 34.1 Å². The molecule has 2 amide bonds. The van der Waals surface area contributed by atoms with Gasteiger partial charge in [0.15, 0.2) is 5.78 Å². The quantitative estimate of drug-likeness (QED) is 0.679. The smallest absolute Gasteiger partial charge is 0.324 e. The zero-order valence-corrected chi connectivity index (χ0v) is 18.3. The van der Waals surface area contributed by atoms with Gasteiger partial charge in [0, 0.05) is 24.3 Å². The van der Waals surface area contributed by atoms with E-state index >= 15 is 0 Å². The van der Waals surface area contributed by atoms with Crippen molar-refractivity contribution in [3.63, 3.8) is 0 Å². The average Bonchev–Trinajstić information content (AvgIpc) is 2.88. The van der Waals surface area contributed by atoms with Crippen molar-refractivity contribution >= 4 is 17.5 Å². The number of carbonyl (C=O) groups excluding carboxylic acids is 2. The summed E-state index contributed by atoms with van der Waals surface area (Å²) in [7, 11) is 0. The molecular formula is C25H31N3O4. The maximum Gasteiger partial charge on any atom is 0.324 e. The Balaban J connectivity index is 1.60. The Morgan fingerprint density at radius 3 is 2.47 bits per heavy atom. The van der Waals surface area contributed by atoms with Crippen molar-refractivity contribution in [2.75, 3.05) is 50.9 Å². The molecule has 0 bridgehead atoms. The summed E-state index contributed by atoms with van der Waals surface area (Å²) in [5.74, 6) is 0.188. The lowest BCUT2D eigenvalue weighted by atomic mass is 9.90. The number of carbonyl (C=O) groups is 2. The van der Waals surface area contributed by atoms with E-state index < -0.39 is 6.61 Å². The highest BCUT2D eigenvalue weighted by atomic mass is 16.5. The first kappa shape index (κ1) is 22.5. The predicted molar refractivity (Wildman–Crippen MR) is 123 cm³/mol. The van der Waals surface area contributed by atoms with Crippen LogP contribution in [0.3, 0.4) is 0 Å². The monoisotopic (exact) mass is 437 g/mol. The van der Waals surface area contributed by atoms with E-state index in [0.717, 1.165) is 37.2 Å². The highest BCUT2D eigenvalue weighted by molar-refractivity contribution is 5.97. The number of urea groups is 1. The minimum atomic E-state index is -0.509. The number of nitrogens with one attached hydrogen (secondary N) is 1. The third kappa shape index (κ3) is 5.35. The number of morpholine rings is 1. The molecule has 0 unspecified atom stereocenters. The van der Waals surface area contributed by atoms with Crippen LogP contribution in [0, 0.1) is 0 Å². The van der Waals surface area contributed by atoms with Crippen molar-refractivity contribution in [2.45, 2.75) is 25.3 Å². The summed E-state index contributed by atoms with van der Waals surface area (Å²) in [4.78, 5) is 28.9. The molecule has 2 aromatic carbocycles. The Kier molecular flexibility index (Phi) is 7.52. The molecule has 0 atom stereocenters. The fourth-order valence-electron chi connectivity index (χ4n) is 4.37. The van der Waals surface area contributed by atoms with E-state index in [9.17, 15) is 9.59 Å². The van der Waals surface area contributed by atoms with Crippen LogP contribution in [0.25, 0.3) is 0 Å². The Morgan fingerprint density at radius 1 is 1.06 bits per heavy atom. The van der Waals surface area contributed by atoms with Crippen LogP contribution < -0.4 is 10.2 Å². The molecule has 0 radical (unpaired) electrons. The third-order valence-electron chi connectivity index (χ3n) is 6.27. The molecule has 2 saturated heterocycles. The fourth-order valence-corrected chi connectivity index (χ4v) is 4.37. The zero-order valence-electron chi connectivity index (χ0n) is 18.3. The molecule has 4 rings (SSSR count). The van der Waals surface area contributed by atoms with Gasteiger partial charge in [0.1, 0.15) is 6.61 Å². The number of hydrogen-bond donors (Lipinski definition) is 2. The first-order valence-corrected chi connectivity index (χ1v) is 11.3. The normalized spacial score (nSPS) is 17.2. The van der Waals surface area contributed by atoms with Crippen LogP contribution in [0.2, 0.25) is 0 Å². The molecule has 170 valence electrons. The van der Waals surface area contributed by atoms with Gasteiger partial charge in [0.25, 0.3) is 0 Å². The molecule has 2 aliphatic rings. The van der Waals surface area contributed by atoms with E-state index in [4.69, 9.17) is 9.84 Å². The first-order chi connectivity index (χ1) is 15.7. The van der Waals surface area contributed by atoms with Gasteiger partial charge in [0.2, 0.25) is 0 Å². The maximum atomic E-state index is 13.5. The van der Waals surface area contributed by atoms with Crippen LogP contribution in [-0.2, 0) is 11.3 Å². The largest absolute Gasteiger partial charge is 0.388 e. The number of aliphatic hydroxyl groups is 1. The lowest BCUT2D eigenvalue weighted by molar-refractivity contribution is 0.0548. The van der Waals surface area contributed by atoms with Gasteiger partial charge in [0.05, 0.1) is 19.8 Å². The predicted octanol–water partition coefficient (Wildman–Crippen LogP) is 2.79. The number of anilines is 1. The van der Waals surface area contributed by atoms with Crippen LogP contribution in [0.1, 0.15) is 40.2 Å². The second-order valence-corrected chi connectivity index (χ2v) is 8.37. The minimum Gasteiger partial charge on any atom is -0.388 e. The van der Waals surface area contributed by atoms with Gasteiger partial charge in [-0.25, -0.2) is 4.79 Å². The lowest BCUT2D eigenvalue weighted by Gasteiger charge is -2.33. The zero-order chi connectivity index (χ0) is 22.3. The number of Topliss-reactive ketones (excluding diaryl/α,β-unsaturated/α-hetero) is 1. The van der Waals surface area contributed by atoms with Crippen molar-refractivity contribution in [3.8, 4) is 0 Å². The molecule has 7 heteroatoms. The molecule has 7 nitrogen and oxygen atoms in total. The van der Waals surface area contributed by atoms with E-state index in [-0.39, 0.29) is 11.8 Å². The number of aliphatic hydroxyl groups excluding tert-OH is 1. The number of ether oxygens (including phenoxy) is 1. The van der Waals surface area contributed by atoms with E-state index in [1.54, 1.807) is 12.1 Å². The molecule has 2 aromatic rings. The Hall–Kier alpha value is -2.74. The standard InChI is InChI=1S/C25H31N3O4/c29-18-24(30)21-6-4-19(5-7-21)17-28(25(31)27-12-14-32-15-13-27)23-3-1-2-22(16-23)20-8-10-26-11-9-20/h1-7,16,20,26,29H,8-15,17-18H2. The summed E-state index contributed by atoms with van der Waals surface area (Å²) in [5.41, 5.74) is 3.55. The Labute approximate surface area is 189 Å². The van der Waals surface area contributed by atoms with Crippen molar-refractivity contribution in [1.29, 1.82) is 0 Å². The third-order valence-corrected chi connectivity index (χ3v) is 6.27. The van der Waals surface area contributed by atoms with Crippen molar-refractivity contribution in [2.24, 2.45) is 0 Å². The van der Waals surface area contributed by atoms with Crippen molar-refractivity contribution in [3.05, 3.63) is 65.2 Å². The Bertz CT molecular complexity index is 919. The number of hydrogen-bond acceptors (Lipinski definition) is 5. The van der Waals surface area contributed by atoms with Crippen molar-refractivity contribution in [1.82, 2.24) is 10.2 Å². The Morgan fingerprint density at radius 2 is 1.78 bits per heavy atom. The molecule has 0 spiro atoms. The number of rotatable bonds is 6. The van der Waals surface area contributed by atoms with E-state index in [0.29, 0.717) is 44.3 Å². The summed E-state index contributed by atoms with van der Waals surface area (Å²) in [5, 5.41) is 12.5. The molecule has 0 aromatic heterocycles. The van der Waals surface area contributed by atoms with Crippen molar-refractivity contribution < 1.29 is 19.4 Å². The number of amides is 2. The topological polar surface area (TPSA) is 82.1 Å². The summed E-state index contributed by atoms with van der Waals surface area (Å²) in [6.07, 6.45) is 2.20.